The summed E-state index contributed by atoms with van der Waals surface area (Å²) in [5, 5.41) is 3.09. The van der Waals surface area contributed by atoms with Crippen LogP contribution in [0, 0.1) is 11.3 Å². The summed E-state index contributed by atoms with van der Waals surface area (Å²) in [5.41, 5.74) is 0.977. The summed E-state index contributed by atoms with van der Waals surface area (Å²) in [6.45, 7) is 4.41. The number of anilines is 1. The summed E-state index contributed by atoms with van der Waals surface area (Å²) in [5.74, 6) is 1.04. The van der Waals surface area contributed by atoms with Gasteiger partial charge in [-0.15, -0.1) is 0 Å². The largest absolute Gasteiger partial charge is 0.486 e. The van der Waals surface area contributed by atoms with Gasteiger partial charge in [0.1, 0.15) is 13.2 Å². The number of benzene rings is 1. The van der Waals surface area contributed by atoms with E-state index in [1.807, 2.05) is 18.2 Å². The van der Waals surface area contributed by atoms with Crippen LogP contribution in [0.3, 0.4) is 0 Å². The van der Waals surface area contributed by atoms with E-state index in [-0.39, 0.29) is 29.6 Å². The van der Waals surface area contributed by atoms with Crippen LogP contribution in [-0.2, 0) is 9.59 Å². The average Bonchev–Trinajstić information content (AvgIpc) is 3.26. The van der Waals surface area contributed by atoms with Crippen molar-refractivity contribution < 1.29 is 19.1 Å². The molecule has 2 amide bonds. The maximum absolute atomic E-state index is 12.6. The second-order valence-corrected chi connectivity index (χ2v) is 7.97. The highest BCUT2D eigenvalue weighted by Gasteiger charge is 2.37. The quantitative estimate of drug-likeness (QED) is 0.898. The summed E-state index contributed by atoms with van der Waals surface area (Å²) in [6.07, 6.45) is 5.08. The number of ether oxygens (including phenoxy) is 2. The molecular formula is C20H26N2O4. The normalized spacial score (nSPS) is 24.0. The van der Waals surface area contributed by atoms with Crippen molar-refractivity contribution in [1.82, 2.24) is 5.32 Å². The van der Waals surface area contributed by atoms with E-state index in [4.69, 9.17) is 9.47 Å². The molecule has 1 saturated heterocycles. The Kier molecular flexibility index (Phi) is 4.51. The summed E-state index contributed by atoms with van der Waals surface area (Å²) in [4.78, 5) is 26.7. The maximum Gasteiger partial charge on any atom is 0.227 e. The van der Waals surface area contributed by atoms with Gasteiger partial charge in [0.05, 0.1) is 5.92 Å². The molecule has 1 aliphatic carbocycles. The molecule has 1 aromatic rings. The van der Waals surface area contributed by atoms with Crippen LogP contribution in [0.4, 0.5) is 5.69 Å². The molecule has 0 spiro atoms. The van der Waals surface area contributed by atoms with Crippen LogP contribution in [0.25, 0.3) is 0 Å². The lowest BCUT2D eigenvalue weighted by atomic mass is 9.88. The first-order chi connectivity index (χ1) is 12.5. The van der Waals surface area contributed by atoms with Gasteiger partial charge in [0.15, 0.2) is 11.5 Å². The third-order valence-electron chi connectivity index (χ3n) is 5.83. The van der Waals surface area contributed by atoms with Gasteiger partial charge >= 0.3 is 0 Å². The van der Waals surface area contributed by atoms with Gasteiger partial charge < -0.3 is 19.7 Å². The van der Waals surface area contributed by atoms with Crippen molar-refractivity contribution in [2.24, 2.45) is 11.3 Å². The van der Waals surface area contributed by atoms with Crippen molar-refractivity contribution in [1.29, 1.82) is 0 Å². The first-order valence-corrected chi connectivity index (χ1v) is 9.52. The Morgan fingerprint density at radius 3 is 2.73 bits per heavy atom. The summed E-state index contributed by atoms with van der Waals surface area (Å²) in [7, 11) is 0. The van der Waals surface area contributed by atoms with E-state index in [0.29, 0.717) is 37.8 Å². The van der Waals surface area contributed by atoms with E-state index in [9.17, 15) is 9.59 Å². The Bertz CT molecular complexity index is 712. The van der Waals surface area contributed by atoms with Crippen LogP contribution < -0.4 is 19.7 Å². The molecule has 1 atom stereocenters. The van der Waals surface area contributed by atoms with Gasteiger partial charge in [0.25, 0.3) is 0 Å². The summed E-state index contributed by atoms with van der Waals surface area (Å²) >= 11 is 0. The average molecular weight is 358 g/mol. The summed E-state index contributed by atoms with van der Waals surface area (Å²) < 4.78 is 11.1. The minimum absolute atomic E-state index is 0.00785. The van der Waals surface area contributed by atoms with Crippen molar-refractivity contribution >= 4 is 17.5 Å². The molecule has 2 heterocycles. The fourth-order valence-electron chi connectivity index (χ4n) is 4.18. The van der Waals surface area contributed by atoms with Crippen molar-refractivity contribution in [3.8, 4) is 11.5 Å². The van der Waals surface area contributed by atoms with Gasteiger partial charge in [-0.3, -0.25) is 9.59 Å². The number of fused-ring (bicyclic) bond motifs is 1. The molecule has 1 aromatic carbocycles. The number of nitrogens with one attached hydrogen (secondary N) is 1. The van der Waals surface area contributed by atoms with E-state index < -0.39 is 0 Å². The molecule has 4 rings (SSSR count). The molecule has 1 N–H and O–H groups in total. The number of nitrogens with zero attached hydrogens (tertiary/aromatic N) is 1. The lowest BCUT2D eigenvalue weighted by Crippen LogP contribution is -2.38. The first kappa shape index (κ1) is 17.2. The summed E-state index contributed by atoms with van der Waals surface area (Å²) in [6, 6.07) is 5.50. The topological polar surface area (TPSA) is 67.9 Å². The predicted molar refractivity (Wildman–Crippen MR) is 97.5 cm³/mol. The number of hydrogen-bond acceptors (Lipinski definition) is 4. The van der Waals surface area contributed by atoms with Gasteiger partial charge in [-0.25, -0.2) is 0 Å². The Labute approximate surface area is 153 Å². The van der Waals surface area contributed by atoms with Gasteiger partial charge in [-0.05, 0) is 30.4 Å². The molecule has 0 bridgehead atoms. The Morgan fingerprint density at radius 2 is 1.96 bits per heavy atom. The second kappa shape index (κ2) is 6.82. The molecule has 6 heteroatoms. The third-order valence-corrected chi connectivity index (χ3v) is 5.83. The van der Waals surface area contributed by atoms with E-state index in [1.54, 1.807) is 4.90 Å². The monoisotopic (exact) mass is 358 g/mol. The molecule has 0 aromatic heterocycles. The van der Waals surface area contributed by atoms with Crippen LogP contribution in [0.2, 0.25) is 0 Å². The Morgan fingerprint density at radius 1 is 1.23 bits per heavy atom. The number of hydrogen-bond donors (Lipinski definition) is 1. The highest BCUT2D eigenvalue weighted by atomic mass is 16.6. The van der Waals surface area contributed by atoms with E-state index in [1.165, 1.54) is 25.7 Å². The van der Waals surface area contributed by atoms with E-state index >= 15 is 0 Å². The smallest absolute Gasteiger partial charge is 0.227 e. The fraction of sp³-hybridized carbons (Fsp3) is 0.600. The molecule has 1 unspecified atom stereocenters. The number of carbonyl (C=O) groups is 2. The van der Waals surface area contributed by atoms with Crippen LogP contribution in [0.1, 0.15) is 39.0 Å². The molecule has 6 nitrogen and oxygen atoms in total. The lowest BCUT2D eigenvalue weighted by Gasteiger charge is -2.25. The van der Waals surface area contributed by atoms with Crippen LogP contribution >= 0.6 is 0 Å². The van der Waals surface area contributed by atoms with Gasteiger partial charge in [-0.2, -0.15) is 0 Å². The Balaban J connectivity index is 1.39. The zero-order valence-corrected chi connectivity index (χ0v) is 15.3. The molecule has 0 radical (unpaired) electrons. The van der Waals surface area contributed by atoms with Crippen LogP contribution in [-0.4, -0.2) is 38.1 Å². The Hall–Kier alpha value is -2.24. The van der Waals surface area contributed by atoms with E-state index in [0.717, 1.165) is 5.69 Å². The zero-order valence-electron chi connectivity index (χ0n) is 15.3. The minimum Gasteiger partial charge on any atom is -0.486 e. The first-order valence-electron chi connectivity index (χ1n) is 9.52. The molecular weight excluding hydrogens is 332 g/mol. The predicted octanol–water partition coefficient (Wildman–Crippen LogP) is 2.51. The van der Waals surface area contributed by atoms with Crippen molar-refractivity contribution in [2.45, 2.75) is 39.0 Å². The van der Waals surface area contributed by atoms with Gasteiger partial charge in [-0.1, -0.05) is 19.8 Å². The molecule has 26 heavy (non-hydrogen) atoms. The number of amides is 2. The van der Waals surface area contributed by atoms with Crippen molar-refractivity contribution in [2.75, 3.05) is 31.2 Å². The number of carbonyl (C=O) groups excluding carboxylic acids is 2. The van der Waals surface area contributed by atoms with E-state index in [2.05, 4.69) is 12.2 Å². The van der Waals surface area contributed by atoms with Crippen molar-refractivity contribution in [3.63, 3.8) is 0 Å². The molecule has 3 aliphatic rings. The van der Waals surface area contributed by atoms with Crippen LogP contribution in [0.15, 0.2) is 18.2 Å². The fourth-order valence-corrected chi connectivity index (χ4v) is 4.18. The molecule has 2 aliphatic heterocycles. The zero-order chi connectivity index (χ0) is 18.1. The lowest BCUT2D eigenvalue weighted by molar-refractivity contribution is -0.126. The molecule has 1 saturated carbocycles. The van der Waals surface area contributed by atoms with Gasteiger partial charge in [0.2, 0.25) is 11.8 Å². The third kappa shape index (κ3) is 3.37. The molecule has 140 valence electrons. The maximum atomic E-state index is 12.6. The van der Waals surface area contributed by atoms with Crippen LogP contribution in [0.5, 0.6) is 11.5 Å². The standard InChI is InChI=1S/C20H26N2O4/c1-20(6-2-3-7-20)13-21-19(24)14-10-18(23)22(12-14)15-4-5-16-17(11-15)26-9-8-25-16/h4-5,11,14H,2-3,6-10,12-13H2,1H3,(H,21,24). The molecule has 2 fully saturated rings. The number of rotatable bonds is 4. The highest BCUT2D eigenvalue weighted by Crippen LogP contribution is 2.37. The van der Waals surface area contributed by atoms with Gasteiger partial charge in [0, 0.05) is 31.3 Å². The SMILES string of the molecule is CC1(CNC(=O)C2CC(=O)N(c3ccc4c(c3)OCCO4)C2)CCCC1. The minimum atomic E-state index is -0.291. The highest BCUT2D eigenvalue weighted by molar-refractivity contribution is 6.00. The second-order valence-electron chi connectivity index (χ2n) is 7.97. The van der Waals surface area contributed by atoms with Crippen molar-refractivity contribution in [3.05, 3.63) is 18.2 Å².